The second-order valence-electron chi connectivity index (χ2n) is 10.6. The number of unbranched alkanes of at least 4 members (excludes halogenated alkanes) is 1. The van der Waals surface area contributed by atoms with Crippen LogP contribution in [0.2, 0.25) is 0 Å². The van der Waals surface area contributed by atoms with Gasteiger partial charge in [0.05, 0.1) is 6.04 Å². The van der Waals surface area contributed by atoms with Gasteiger partial charge in [0.2, 0.25) is 0 Å². The van der Waals surface area contributed by atoms with E-state index in [0.29, 0.717) is 5.57 Å². The summed E-state index contributed by atoms with van der Waals surface area (Å²) in [4.78, 5) is 2.07. The lowest BCUT2D eigenvalue weighted by atomic mass is 9.88. The van der Waals surface area contributed by atoms with Crippen molar-refractivity contribution in [2.45, 2.75) is 80.7 Å². The van der Waals surface area contributed by atoms with Gasteiger partial charge in [0.25, 0.3) is 0 Å². The minimum absolute atomic E-state index is 0.0309. The van der Waals surface area contributed by atoms with E-state index in [2.05, 4.69) is 120 Å². The summed E-state index contributed by atoms with van der Waals surface area (Å²) in [5, 5.41) is 11.8. The molecule has 2 nitrogen and oxygen atoms in total. The number of allylic oxidation sites excluding steroid dienone is 10. The third kappa shape index (κ3) is 7.88. The summed E-state index contributed by atoms with van der Waals surface area (Å²) in [7, 11) is 0. The summed E-state index contributed by atoms with van der Waals surface area (Å²) in [5.74, 6) is 0.223. The lowest BCUT2D eigenvalue weighted by molar-refractivity contribution is 0.188. The van der Waals surface area contributed by atoms with Crippen molar-refractivity contribution >= 4 is 11.1 Å². The zero-order chi connectivity index (χ0) is 30.0. The monoisotopic (exact) mass is 535 g/mol. The normalized spacial score (nSPS) is 13.9. The van der Waals surface area contributed by atoms with Crippen LogP contribution in [0.25, 0.3) is 11.1 Å². The number of hydrogen-bond donors (Lipinski definition) is 1. The number of aryl methyl sites for hydroxylation is 1. The van der Waals surface area contributed by atoms with Crippen LogP contribution in [0.1, 0.15) is 96.0 Å². The minimum atomic E-state index is -0.0309. The Balaban J connectivity index is 0.00000274. The number of aliphatic hydroxyl groups excluding tert-OH is 1. The van der Waals surface area contributed by atoms with Gasteiger partial charge in [-0.05, 0) is 86.9 Å². The van der Waals surface area contributed by atoms with Gasteiger partial charge in [-0.3, -0.25) is 0 Å². The maximum absolute atomic E-state index is 11.8. The van der Waals surface area contributed by atoms with E-state index in [4.69, 9.17) is 0 Å². The topological polar surface area (TPSA) is 23.5 Å². The summed E-state index contributed by atoms with van der Waals surface area (Å²) in [6, 6.07) is 16.8. The Morgan fingerprint density at radius 1 is 0.975 bits per heavy atom. The van der Waals surface area contributed by atoms with Crippen molar-refractivity contribution in [2.75, 3.05) is 0 Å². The summed E-state index contributed by atoms with van der Waals surface area (Å²) in [6.07, 6.45) is 9.30. The second-order valence-corrected chi connectivity index (χ2v) is 10.6. The van der Waals surface area contributed by atoms with E-state index in [1.54, 1.807) is 0 Å². The third-order valence-corrected chi connectivity index (χ3v) is 7.04. The van der Waals surface area contributed by atoms with Crippen molar-refractivity contribution < 1.29 is 5.11 Å². The maximum atomic E-state index is 11.8. The molecule has 1 aliphatic heterocycles. The Labute approximate surface area is 244 Å². The lowest BCUT2D eigenvalue weighted by Gasteiger charge is -2.37. The predicted molar refractivity (Wildman–Crippen MR) is 177 cm³/mol. The Hall–Kier alpha value is -3.78. The molecule has 0 aliphatic carbocycles. The average Bonchev–Trinajstić information content (AvgIpc) is 2.92. The highest BCUT2D eigenvalue weighted by atomic mass is 16.3. The smallest absolute Gasteiger partial charge is 0.200 e. The number of rotatable bonds is 10. The van der Waals surface area contributed by atoms with E-state index in [0.717, 1.165) is 58.4 Å². The largest absolute Gasteiger partial charge is 0.494 e. The van der Waals surface area contributed by atoms with Crippen LogP contribution in [0.15, 0.2) is 120 Å². The Morgan fingerprint density at radius 2 is 1.60 bits per heavy atom. The van der Waals surface area contributed by atoms with Gasteiger partial charge in [-0.2, -0.15) is 0 Å². The molecule has 0 fully saturated rings. The highest BCUT2D eigenvalue weighted by molar-refractivity contribution is 5.85. The van der Waals surface area contributed by atoms with Gasteiger partial charge in [0, 0.05) is 11.3 Å². The maximum Gasteiger partial charge on any atom is 0.200 e. The molecule has 1 unspecified atom stereocenters. The van der Waals surface area contributed by atoms with E-state index in [9.17, 15) is 5.11 Å². The number of aliphatic hydroxyl groups is 1. The first kappa shape index (κ1) is 32.4. The molecule has 1 heterocycles. The zero-order valence-corrected chi connectivity index (χ0v) is 26.1. The molecule has 3 rings (SSSR count). The fraction of sp³-hybridized carbons (Fsp3) is 0.316. The lowest BCUT2D eigenvalue weighted by Crippen LogP contribution is -2.30. The zero-order valence-electron chi connectivity index (χ0n) is 26.1. The second kappa shape index (κ2) is 15.1. The van der Waals surface area contributed by atoms with Crippen molar-refractivity contribution in [3.05, 3.63) is 143 Å². The summed E-state index contributed by atoms with van der Waals surface area (Å²) in [5.41, 5.74) is 11.2. The molecule has 1 aliphatic rings. The quantitative estimate of drug-likeness (QED) is 0.306. The van der Waals surface area contributed by atoms with Gasteiger partial charge in [-0.25, -0.2) is 0 Å². The molecular weight excluding hydrogens is 486 g/mol. The molecule has 2 heteroatoms. The number of hydrogen-bond acceptors (Lipinski definition) is 2. The molecule has 0 saturated carbocycles. The molecule has 212 valence electrons. The van der Waals surface area contributed by atoms with E-state index < -0.39 is 0 Å². The van der Waals surface area contributed by atoms with E-state index >= 15 is 0 Å². The van der Waals surface area contributed by atoms with E-state index in [-0.39, 0.29) is 11.9 Å². The molecule has 0 aromatic heterocycles. The van der Waals surface area contributed by atoms with Crippen molar-refractivity contribution in [3.8, 4) is 0 Å². The van der Waals surface area contributed by atoms with Gasteiger partial charge < -0.3 is 10.0 Å². The Kier molecular flexibility index (Phi) is 12.3. The molecule has 0 saturated heterocycles. The first-order valence-electron chi connectivity index (χ1n) is 14.5. The van der Waals surface area contributed by atoms with Crippen LogP contribution >= 0.6 is 0 Å². The van der Waals surface area contributed by atoms with E-state index in [1.807, 2.05) is 26.8 Å². The fourth-order valence-electron chi connectivity index (χ4n) is 4.91. The SMILES string of the molecule is C=C(C)/C=C\C(=C(C)C)c1ccc(C(=C)C2=C(O)N(C(C)c3cccc(C)c3)C(CCCC)=CC2=C)cc1.CC. The first-order chi connectivity index (χ1) is 19.0. The van der Waals surface area contributed by atoms with Crippen LogP contribution < -0.4 is 0 Å². The van der Waals surface area contributed by atoms with Gasteiger partial charge in [0.15, 0.2) is 5.88 Å². The minimum Gasteiger partial charge on any atom is -0.494 e. The molecule has 40 heavy (non-hydrogen) atoms. The van der Waals surface area contributed by atoms with Crippen LogP contribution in [0.5, 0.6) is 0 Å². The molecule has 2 aromatic rings. The molecule has 2 aromatic carbocycles. The standard InChI is InChI=1S/C36H43NO.C2H6/c1-10-11-15-33-23-27(7)35(36(38)37(33)29(9)32-14-12-13-26(6)22-32)28(8)30-17-19-31(20-18-30)34(25(4)5)21-16-24(2)3;1-2/h12-14,16-23,29,38H,2,7-8,10-11,15H2,1,3-6,9H3;1-2H3/b21-16-;. The van der Waals surface area contributed by atoms with Crippen molar-refractivity contribution in [2.24, 2.45) is 0 Å². The van der Waals surface area contributed by atoms with Crippen LogP contribution in [0, 0.1) is 6.92 Å². The highest BCUT2D eigenvalue weighted by Crippen LogP contribution is 2.41. The molecule has 0 radical (unpaired) electrons. The molecule has 1 atom stereocenters. The van der Waals surface area contributed by atoms with Crippen molar-refractivity contribution in [1.29, 1.82) is 0 Å². The third-order valence-electron chi connectivity index (χ3n) is 7.04. The Bertz CT molecular complexity index is 1340. The van der Waals surface area contributed by atoms with Crippen LogP contribution in [0.4, 0.5) is 0 Å². The average molecular weight is 536 g/mol. The highest BCUT2D eigenvalue weighted by Gasteiger charge is 2.30. The predicted octanol–water partition coefficient (Wildman–Crippen LogP) is 11.4. The van der Waals surface area contributed by atoms with Gasteiger partial charge >= 0.3 is 0 Å². The molecule has 0 bridgehead atoms. The molecule has 0 spiro atoms. The fourth-order valence-corrected chi connectivity index (χ4v) is 4.91. The van der Waals surface area contributed by atoms with E-state index in [1.165, 1.54) is 16.7 Å². The molecular formula is C38H49NO. The van der Waals surface area contributed by atoms with Crippen LogP contribution in [-0.2, 0) is 0 Å². The summed E-state index contributed by atoms with van der Waals surface area (Å²) in [6.45, 7) is 29.4. The van der Waals surface area contributed by atoms with Gasteiger partial charge in [-0.15, -0.1) is 0 Å². The Morgan fingerprint density at radius 3 is 2.15 bits per heavy atom. The summed E-state index contributed by atoms with van der Waals surface area (Å²) < 4.78 is 0. The van der Waals surface area contributed by atoms with Crippen molar-refractivity contribution in [3.63, 3.8) is 0 Å². The van der Waals surface area contributed by atoms with Crippen LogP contribution in [0.3, 0.4) is 0 Å². The summed E-state index contributed by atoms with van der Waals surface area (Å²) >= 11 is 0. The molecule has 0 amide bonds. The number of benzene rings is 2. The molecule has 1 N–H and O–H groups in total. The van der Waals surface area contributed by atoms with Crippen molar-refractivity contribution in [1.82, 2.24) is 4.90 Å². The van der Waals surface area contributed by atoms with Gasteiger partial charge in [0.1, 0.15) is 0 Å². The van der Waals surface area contributed by atoms with Gasteiger partial charge in [-0.1, -0.05) is 124 Å². The van der Waals surface area contributed by atoms with Crippen LogP contribution in [-0.4, -0.2) is 10.0 Å². The number of nitrogens with zero attached hydrogens (tertiary/aromatic N) is 1. The first-order valence-corrected chi connectivity index (χ1v) is 14.5.